The van der Waals surface area contributed by atoms with Crippen LogP contribution in [0.3, 0.4) is 0 Å². The quantitative estimate of drug-likeness (QED) is 0.815. The first-order chi connectivity index (χ1) is 10.2. The Balaban J connectivity index is 0.00000176. The van der Waals surface area contributed by atoms with E-state index in [4.69, 9.17) is 0 Å². The number of piperazine rings is 1. The molecule has 120 valence electrons. The van der Waals surface area contributed by atoms with Crippen molar-refractivity contribution in [2.24, 2.45) is 0 Å². The number of halogens is 3. The maximum absolute atomic E-state index is 14.7. The molecule has 0 spiro atoms. The molecule has 2 aromatic rings. The zero-order valence-electron chi connectivity index (χ0n) is 12.3. The largest absolute Gasteiger partial charge is 0.314 e. The summed E-state index contributed by atoms with van der Waals surface area (Å²) in [5.41, 5.74) is 1.46. The minimum atomic E-state index is -0.0878. The van der Waals surface area contributed by atoms with Gasteiger partial charge in [-0.1, -0.05) is 22.0 Å². The molecule has 1 aromatic heterocycles. The van der Waals surface area contributed by atoms with E-state index < -0.39 is 0 Å². The van der Waals surface area contributed by atoms with Gasteiger partial charge < -0.3 is 5.32 Å². The van der Waals surface area contributed by atoms with Crippen LogP contribution in [0.25, 0.3) is 0 Å². The molecule has 6 heteroatoms. The van der Waals surface area contributed by atoms with E-state index in [2.05, 4.69) is 37.6 Å². The SMILES string of the molecule is Cc1cc(Br)cc([C@H](c2cccs2)N2CCNCC2)c1F.Cl. The number of nitrogens with one attached hydrogen (secondary N) is 1. The Labute approximate surface area is 149 Å². The van der Waals surface area contributed by atoms with Gasteiger partial charge >= 0.3 is 0 Å². The first-order valence-corrected chi connectivity index (χ1v) is 8.78. The molecule has 1 atom stereocenters. The third-order valence-electron chi connectivity index (χ3n) is 3.87. The molecule has 1 saturated heterocycles. The molecule has 0 bridgehead atoms. The van der Waals surface area contributed by atoms with E-state index in [9.17, 15) is 4.39 Å². The molecular weight excluding hydrogens is 387 g/mol. The number of benzene rings is 1. The zero-order chi connectivity index (χ0) is 14.8. The average Bonchev–Trinajstić information content (AvgIpc) is 2.99. The van der Waals surface area contributed by atoms with E-state index in [1.54, 1.807) is 11.3 Å². The third-order valence-corrected chi connectivity index (χ3v) is 5.25. The average molecular weight is 406 g/mol. The maximum Gasteiger partial charge on any atom is 0.131 e. The first kappa shape index (κ1) is 17.9. The number of thiophene rings is 1. The fraction of sp³-hybridized carbons (Fsp3) is 0.375. The Morgan fingerprint density at radius 3 is 2.68 bits per heavy atom. The molecule has 3 rings (SSSR count). The van der Waals surface area contributed by atoms with Gasteiger partial charge in [0.15, 0.2) is 0 Å². The lowest BCUT2D eigenvalue weighted by Gasteiger charge is -2.35. The molecule has 0 radical (unpaired) electrons. The minimum Gasteiger partial charge on any atom is -0.314 e. The topological polar surface area (TPSA) is 15.3 Å². The molecule has 1 aliphatic heterocycles. The van der Waals surface area contributed by atoms with Gasteiger partial charge in [0, 0.05) is 41.1 Å². The van der Waals surface area contributed by atoms with Crippen molar-refractivity contribution in [3.63, 3.8) is 0 Å². The Bertz CT molecular complexity index is 615. The van der Waals surface area contributed by atoms with Crippen LogP contribution in [0.5, 0.6) is 0 Å². The highest BCUT2D eigenvalue weighted by molar-refractivity contribution is 9.10. The van der Waals surface area contributed by atoms with Crippen LogP contribution in [-0.2, 0) is 0 Å². The number of nitrogens with zero attached hydrogens (tertiary/aromatic N) is 1. The normalized spacial score (nSPS) is 17.0. The van der Waals surface area contributed by atoms with Crippen LogP contribution in [0.4, 0.5) is 4.39 Å². The number of rotatable bonds is 3. The van der Waals surface area contributed by atoms with E-state index in [1.807, 2.05) is 25.1 Å². The predicted octanol–water partition coefficient (Wildman–Crippen LogP) is 4.37. The predicted molar refractivity (Wildman–Crippen MR) is 96.7 cm³/mol. The van der Waals surface area contributed by atoms with Gasteiger partial charge in [-0.3, -0.25) is 4.90 Å². The molecule has 2 heterocycles. The molecule has 22 heavy (non-hydrogen) atoms. The second kappa shape index (κ2) is 7.88. The van der Waals surface area contributed by atoms with Crippen LogP contribution in [0.1, 0.15) is 22.0 Å². The van der Waals surface area contributed by atoms with E-state index in [0.717, 1.165) is 36.2 Å². The summed E-state index contributed by atoms with van der Waals surface area (Å²) in [7, 11) is 0. The van der Waals surface area contributed by atoms with E-state index >= 15 is 0 Å². The van der Waals surface area contributed by atoms with Crippen molar-refractivity contribution in [3.8, 4) is 0 Å². The fourth-order valence-corrected chi connectivity index (χ4v) is 4.33. The summed E-state index contributed by atoms with van der Waals surface area (Å²) in [6.07, 6.45) is 0. The van der Waals surface area contributed by atoms with Crippen LogP contribution >= 0.6 is 39.7 Å². The number of hydrogen-bond donors (Lipinski definition) is 1. The molecule has 0 saturated carbocycles. The minimum absolute atomic E-state index is 0. The molecule has 1 aliphatic rings. The van der Waals surface area contributed by atoms with Gasteiger partial charge in [-0.25, -0.2) is 4.39 Å². The molecule has 0 aliphatic carbocycles. The lowest BCUT2D eigenvalue weighted by atomic mass is 10.00. The van der Waals surface area contributed by atoms with Crippen molar-refractivity contribution in [1.82, 2.24) is 10.2 Å². The summed E-state index contributed by atoms with van der Waals surface area (Å²) in [5, 5.41) is 5.43. The summed E-state index contributed by atoms with van der Waals surface area (Å²) in [6, 6.07) is 7.91. The monoisotopic (exact) mass is 404 g/mol. The van der Waals surface area contributed by atoms with Crippen LogP contribution in [0.15, 0.2) is 34.1 Å². The second-order valence-electron chi connectivity index (χ2n) is 5.33. The van der Waals surface area contributed by atoms with Gasteiger partial charge in [0.05, 0.1) is 6.04 Å². The standard InChI is InChI=1S/C16H18BrFN2S.ClH/c1-11-9-12(17)10-13(15(11)18)16(14-3-2-8-21-14)20-6-4-19-5-7-20;/h2-3,8-10,16,19H,4-7H2,1H3;1H/t16-;/m1./s1. The Morgan fingerprint density at radius 2 is 2.05 bits per heavy atom. The van der Waals surface area contributed by atoms with Gasteiger partial charge in [-0.2, -0.15) is 0 Å². The maximum atomic E-state index is 14.7. The first-order valence-electron chi connectivity index (χ1n) is 7.10. The molecule has 2 nitrogen and oxygen atoms in total. The smallest absolute Gasteiger partial charge is 0.131 e. The number of aryl methyl sites for hydroxylation is 1. The fourth-order valence-electron chi connectivity index (χ4n) is 2.87. The summed E-state index contributed by atoms with van der Waals surface area (Å²) >= 11 is 5.20. The molecule has 1 aromatic carbocycles. The highest BCUT2D eigenvalue weighted by Crippen LogP contribution is 2.35. The number of hydrogen-bond acceptors (Lipinski definition) is 3. The highest BCUT2D eigenvalue weighted by atomic mass is 79.9. The van der Waals surface area contributed by atoms with Gasteiger partial charge in [0.1, 0.15) is 5.82 Å². The molecule has 1 N–H and O–H groups in total. The van der Waals surface area contributed by atoms with Gasteiger partial charge in [0.2, 0.25) is 0 Å². The Hall–Kier alpha value is -0.460. The van der Waals surface area contributed by atoms with Crippen molar-refractivity contribution in [1.29, 1.82) is 0 Å². The van der Waals surface area contributed by atoms with Crippen molar-refractivity contribution in [2.45, 2.75) is 13.0 Å². The molecule has 0 amide bonds. The van der Waals surface area contributed by atoms with Crippen LogP contribution in [0.2, 0.25) is 0 Å². The Kier molecular flexibility index (Phi) is 6.41. The van der Waals surface area contributed by atoms with E-state index in [0.29, 0.717) is 5.56 Å². The molecule has 0 unspecified atom stereocenters. The summed E-state index contributed by atoms with van der Waals surface area (Å²) in [4.78, 5) is 3.57. The molecule has 1 fully saturated rings. The lowest BCUT2D eigenvalue weighted by Crippen LogP contribution is -2.45. The lowest BCUT2D eigenvalue weighted by molar-refractivity contribution is 0.197. The van der Waals surface area contributed by atoms with Crippen molar-refractivity contribution in [3.05, 3.63) is 55.9 Å². The summed E-state index contributed by atoms with van der Waals surface area (Å²) in [6.45, 7) is 5.61. The summed E-state index contributed by atoms with van der Waals surface area (Å²) in [5.74, 6) is -0.0878. The van der Waals surface area contributed by atoms with Crippen LogP contribution < -0.4 is 5.32 Å². The van der Waals surface area contributed by atoms with Gasteiger partial charge in [0.25, 0.3) is 0 Å². The zero-order valence-corrected chi connectivity index (χ0v) is 15.5. The second-order valence-corrected chi connectivity index (χ2v) is 7.22. The highest BCUT2D eigenvalue weighted by Gasteiger charge is 2.27. The van der Waals surface area contributed by atoms with Crippen molar-refractivity contribution < 1.29 is 4.39 Å². The van der Waals surface area contributed by atoms with E-state index in [1.165, 1.54) is 4.88 Å². The van der Waals surface area contributed by atoms with Crippen molar-refractivity contribution in [2.75, 3.05) is 26.2 Å². The third kappa shape index (κ3) is 3.71. The Morgan fingerprint density at radius 1 is 1.32 bits per heavy atom. The van der Waals surface area contributed by atoms with Crippen molar-refractivity contribution >= 4 is 39.7 Å². The summed E-state index contributed by atoms with van der Waals surface area (Å²) < 4.78 is 15.7. The van der Waals surface area contributed by atoms with Crippen LogP contribution in [0, 0.1) is 12.7 Å². The van der Waals surface area contributed by atoms with Crippen LogP contribution in [-0.4, -0.2) is 31.1 Å². The van der Waals surface area contributed by atoms with E-state index in [-0.39, 0.29) is 24.3 Å². The van der Waals surface area contributed by atoms with Gasteiger partial charge in [-0.05, 0) is 36.1 Å². The van der Waals surface area contributed by atoms with Gasteiger partial charge in [-0.15, -0.1) is 23.7 Å². The molecular formula is C16H19BrClFN2S.